The van der Waals surface area contributed by atoms with Crippen molar-refractivity contribution in [1.29, 1.82) is 0 Å². The highest BCUT2D eigenvalue weighted by Gasteiger charge is 2.17. The number of para-hydroxylation sites is 1. The molecule has 0 aliphatic heterocycles. The Morgan fingerprint density at radius 3 is 2.38 bits per heavy atom. The monoisotopic (exact) mass is 366 g/mol. The highest BCUT2D eigenvalue weighted by atomic mass is 32.2. The number of carbonyl (C=O) groups is 1. The summed E-state index contributed by atoms with van der Waals surface area (Å²) in [4.78, 5) is 16.3. The highest BCUT2D eigenvalue weighted by molar-refractivity contribution is 7.86. The van der Waals surface area contributed by atoms with E-state index >= 15 is 0 Å². The molecule has 0 bridgehead atoms. The van der Waals surface area contributed by atoms with Crippen LogP contribution in [0.2, 0.25) is 0 Å². The summed E-state index contributed by atoms with van der Waals surface area (Å²) in [6, 6.07) is 20.2. The van der Waals surface area contributed by atoms with Gasteiger partial charge in [-0.25, -0.2) is 9.00 Å². The van der Waals surface area contributed by atoms with Crippen LogP contribution in [0.15, 0.2) is 84.0 Å². The Hall–Kier alpha value is -2.99. The summed E-state index contributed by atoms with van der Waals surface area (Å²) >= 11 is 0. The summed E-state index contributed by atoms with van der Waals surface area (Å²) in [6.45, 7) is 0.424. The van der Waals surface area contributed by atoms with Crippen molar-refractivity contribution >= 4 is 22.6 Å². The zero-order valence-electron chi connectivity index (χ0n) is 14.2. The Morgan fingerprint density at radius 2 is 1.77 bits per heavy atom. The molecule has 0 amide bonds. The van der Waals surface area contributed by atoms with E-state index < -0.39 is 11.0 Å². The molecular formula is C20H18N2O3S. The van der Waals surface area contributed by atoms with E-state index in [-0.39, 0.29) is 5.97 Å². The summed E-state index contributed by atoms with van der Waals surface area (Å²) in [6.07, 6.45) is 3.26. The zero-order chi connectivity index (χ0) is 18.4. The predicted octanol–water partition coefficient (Wildman–Crippen LogP) is 3.60. The minimum atomic E-state index is -1.41. The highest BCUT2D eigenvalue weighted by Crippen LogP contribution is 2.22. The fourth-order valence-electron chi connectivity index (χ4n) is 2.45. The van der Waals surface area contributed by atoms with Gasteiger partial charge in [0.1, 0.15) is 0 Å². The van der Waals surface area contributed by atoms with Gasteiger partial charge in [0.2, 0.25) is 0 Å². The molecule has 26 heavy (non-hydrogen) atoms. The van der Waals surface area contributed by atoms with Crippen molar-refractivity contribution in [3.63, 3.8) is 0 Å². The van der Waals surface area contributed by atoms with E-state index in [9.17, 15) is 9.00 Å². The SMILES string of the molecule is COC(=O)c1ccc(CN(c2ccccc2)S(=O)c2cccnc2)cc1. The van der Waals surface area contributed by atoms with Crippen molar-refractivity contribution in [1.82, 2.24) is 4.98 Å². The van der Waals surface area contributed by atoms with Crippen molar-refractivity contribution in [2.24, 2.45) is 0 Å². The lowest BCUT2D eigenvalue weighted by atomic mass is 10.1. The van der Waals surface area contributed by atoms with Crippen LogP contribution in [0.5, 0.6) is 0 Å². The van der Waals surface area contributed by atoms with Crippen LogP contribution in [0, 0.1) is 0 Å². The summed E-state index contributed by atoms with van der Waals surface area (Å²) in [5.74, 6) is -0.379. The van der Waals surface area contributed by atoms with E-state index in [1.807, 2.05) is 42.5 Å². The summed E-state index contributed by atoms with van der Waals surface area (Å²) in [5.41, 5.74) is 2.25. The number of aromatic nitrogens is 1. The summed E-state index contributed by atoms with van der Waals surface area (Å²) in [7, 11) is -0.0576. The quantitative estimate of drug-likeness (QED) is 0.626. The number of methoxy groups -OCH3 is 1. The molecule has 0 aliphatic rings. The molecule has 0 saturated heterocycles. The lowest BCUT2D eigenvalue weighted by Crippen LogP contribution is -2.25. The molecule has 5 nitrogen and oxygen atoms in total. The van der Waals surface area contributed by atoms with Crippen molar-refractivity contribution in [2.45, 2.75) is 11.4 Å². The smallest absolute Gasteiger partial charge is 0.337 e. The molecule has 132 valence electrons. The van der Waals surface area contributed by atoms with Crippen molar-refractivity contribution in [2.75, 3.05) is 11.4 Å². The molecule has 3 aromatic rings. The Labute approximate surface area is 154 Å². The topological polar surface area (TPSA) is 59.5 Å². The maximum atomic E-state index is 13.1. The van der Waals surface area contributed by atoms with Crippen molar-refractivity contribution in [3.05, 3.63) is 90.3 Å². The van der Waals surface area contributed by atoms with Crippen LogP contribution in [0.25, 0.3) is 0 Å². The first kappa shape index (κ1) is 17.8. The van der Waals surface area contributed by atoms with Gasteiger partial charge >= 0.3 is 5.97 Å². The Morgan fingerprint density at radius 1 is 1.04 bits per heavy atom. The zero-order valence-corrected chi connectivity index (χ0v) is 15.1. The average molecular weight is 366 g/mol. The molecule has 0 N–H and O–H groups in total. The number of rotatable bonds is 6. The molecule has 6 heteroatoms. The van der Waals surface area contributed by atoms with Crippen molar-refractivity contribution in [3.8, 4) is 0 Å². The van der Waals surface area contributed by atoms with E-state index in [2.05, 4.69) is 4.98 Å². The van der Waals surface area contributed by atoms with Crippen LogP contribution in [0.3, 0.4) is 0 Å². The van der Waals surface area contributed by atoms with E-state index in [4.69, 9.17) is 4.74 Å². The van der Waals surface area contributed by atoms with Crippen LogP contribution in [0.1, 0.15) is 15.9 Å². The third-order valence-corrected chi connectivity index (χ3v) is 5.17. The lowest BCUT2D eigenvalue weighted by Gasteiger charge is -2.23. The van der Waals surface area contributed by atoms with Gasteiger partial charge in [0, 0.05) is 18.1 Å². The normalized spacial score (nSPS) is 11.6. The van der Waals surface area contributed by atoms with Gasteiger partial charge in [0.05, 0.1) is 24.1 Å². The Balaban J connectivity index is 1.89. The largest absolute Gasteiger partial charge is 0.465 e. The molecular weight excluding hydrogens is 348 g/mol. The molecule has 1 unspecified atom stereocenters. The first-order chi connectivity index (χ1) is 12.7. The maximum absolute atomic E-state index is 13.1. The number of pyridine rings is 1. The molecule has 0 saturated carbocycles. The molecule has 1 aromatic heterocycles. The number of hydrogen-bond donors (Lipinski definition) is 0. The van der Waals surface area contributed by atoms with E-state index in [1.165, 1.54) is 7.11 Å². The number of ether oxygens (including phenoxy) is 1. The van der Waals surface area contributed by atoms with Crippen LogP contribution in [-0.4, -0.2) is 22.3 Å². The number of anilines is 1. The van der Waals surface area contributed by atoms with E-state index in [1.54, 1.807) is 41.0 Å². The second-order valence-corrected chi connectivity index (χ2v) is 6.91. The fraction of sp³-hybridized carbons (Fsp3) is 0.100. The molecule has 1 heterocycles. The van der Waals surface area contributed by atoms with Gasteiger partial charge in [-0.1, -0.05) is 30.3 Å². The van der Waals surface area contributed by atoms with Crippen LogP contribution in [0.4, 0.5) is 5.69 Å². The summed E-state index contributed by atoms with van der Waals surface area (Å²) in [5, 5.41) is 0. The fourth-order valence-corrected chi connectivity index (χ4v) is 3.63. The standard InChI is InChI=1S/C20H18N2O3S/c1-25-20(23)17-11-9-16(10-12-17)15-22(18-6-3-2-4-7-18)26(24)19-8-5-13-21-14-19/h2-14H,15H2,1H3. The molecule has 0 spiro atoms. The van der Waals surface area contributed by atoms with Gasteiger partial charge in [0.25, 0.3) is 0 Å². The molecule has 0 fully saturated rings. The van der Waals surface area contributed by atoms with E-state index in [0.717, 1.165) is 11.3 Å². The van der Waals surface area contributed by atoms with Gasteiger partial charge in [-0.3, -0.25) is 9.29 Å². The van der Waals surface area contributed by atoms with Gasteiger partial charge in [-0.2, -0.15) is 0 Å². The third kappa shape index (κ3) is 4.15. The van der Waals surface area contributed by atoms with Crippen LogP contribution in [-0.2, 0) is 22.3 Å². The second kappa shape index (κ2) is 8.40. The third-order valence-electron chi connectivity index (χ3n) is 3.78. The van der Waals surface area contributed by atoms with Gasteiger partial charge < -0.3 is 4.74 Å². The number of hydrogen-bond acceptors (Lipinski definition) is 4. The van der Waals surface area contributed by atoms with Crippen LogP contribution < -0.4 is 4.31 Å². The minimum absolute atomic E-state index is 0.379. The number of esters is 1. The minimum Gasteiger partial charge on any atom is -0.465 e. The average Bonchev–Trinajstić information content (AvgIpc) is 2.72. The first-order valence-corrected chi connectivity index (χ1v) is 9.11. The Kier molecular flexibility index (Phi) is 5.76. The number of benzene rings is 2. The van der Waals surface area contributed by atoms with Crippen molar-refractivity contribution < 1.29 is 13.7 Å². The van der Waals surface area contributed by atoms with E-state index in [0.29, 0.717) is 17.0 Å². The molecule has 3 rings (SSSR count). The predicted molar refractivity (Wildman–Crippen MR) is 101 cm³/mol. The number of nitrogens with zero attached hydrogens (tertiary/aromatic N) is 2. The second-order valence-electron chi connectivity index (χ2n) is 5.50. The number of carbonyl (C=O) groups excluding carboxylic acids is 1. The van der Waals surface area contributed by atoms with Crippen LogP contribution >= 0.6 is 0 Å². The molecule has 1 atom stereocenters. The molecule has 0 radical (unpaired) electrons. The van der Waals surface area contributed by atoms with Gasteiger partial charge in [0.15, 0.2) is 11.0 Å². The Bertz CT molecular complexity index is 884. The molecule has 2 aromatic carbocycles. The van der Waals surface area contributed by atoms with Gasteiger partial charge in [-0.05, 0) is 42.0 Å². The van der Waals surface area contributed by atoms with Gasteiger partial charge in [-0.15, -0.1) is 0 Å². The summed E-state index contributed by atoms with van der Waals surface area (Å²) < 4.78 is 19.6. The lowest BCUT2D eigenvalue weighted by molar-refractivity contribution is 0.0600. The molecule has 0 aliphatic carbocycles. The maximum Gasteiger partial charge on any atom is 0.337 e. The first-order valence-electron chi connectivity index (χ1n) is 8.01.